The number of aliphatic imine (C=N–C) groups is 1. The zero-order chi connectivity index (χ0) is 23.4. The Labute approximate surface area is 194 Å². The highest BCUT2D eigenvalue weighted by Gasteiger charge is 2.50. The number of carbonyl (C=O) groups is 2. The number of nitrogens with two attached hydrogens (primary N) is 1. The second-order valence-corrected chi connectivity index (χ2v) is 8.65. The first-order valence-corrected chi connectivity index (χ1v) is 11.1. The molecule has 0 saturated carbocycles. The van der Waals surface area contributed by atoms with Crippen LogP contribution in [0.1, 0.15) is 37.0 Å². The smallest absolute Gasteiger partial charge is 0.266 e. The van der Waals surface area contributed by atoms with Gasteiger partial charge in [-0.05, 0) is 34.7 Å². The van der Waals surface area contributed by atoms with E-state index < -0.39 is 5.54 Å². The van der Waals surface area contributed by atoms with Crippen molar-refractivity contribution in [3.05, 3.63) is 102 Å². The standard InChI is InChI=1S/C27H28N4O2/c1-19(2)16-24(32)29-23-15-9-10-20(17-23)18-31-25(33)27(30-26(31)28,21-11-5-3-6-12-21)22-13-7-4-8-14-22/h3-15,17,19H,16,18H2,1-2H3,(H2,28,30)(H,29,32). The third kappa shape index (κ3) is 4.51. The summed E-state index contributed by atoms with van der Waals surface area (Å²) in [6, 6.07) is 26.5. The Kier molecular flexibility index (Phi) is 6.27. The number of nitrogens with one attached hydrogen (secondary N) is 1. The molecule has 3 aromatic carbocycles. The molecule has 0 fully saturated rings. The van der Waals surface area contributed by atoms with Gasteiger partial charge >= 0.3 is 0 Å². The first-order valence-electron chi connectivity index (χ1n) is 11.1. The fraction of sp³-hybridized carbons (Fsp3) is 0.222. The molecular weight excluding hydrogens is 412 g/mol. The van der Waals surface area contributed by atoms with Gasteiger partial charge in [0, 0.05) is 12.1 Å². The molecule has 3 aromatic rings. The number of guanidine groups is 1. The van der Waals surface area contributed by atoms with Crippen molar-refractivity contribution in [2.75, 3.05) is 5.32 Å². The third-order valence-corrected chi connectivity index (χ3v) is 5.64. The molecule has 168 valence electrons. The van der Waals surface area contributed by atoms with Gasteiger partial charge in [-0.2, -0.15) is 0 Å². The topological polar surface area (TPSA) is 87.8 Å². The molecule has 6 nitrogen and oxygen atoms in total. The van der Waals surface area contributed by atoms with Crippen LogP contribution in [-0.4, -0.2) is 22.7 Å². The average Bonchev–Trinajstić information content (AvgIpc) is 3.05. The van der Waals surface area contributed by atoms with Crippen molar-refractivity contribution in [2.45, 2.75) is 32.4 Å². The molecule has 0 spiro atoms. The molecule has 4 rings (SSSR count). The van der Waals surface area contributed by atoms with Crippen LogP contribution in [0.5, 0.6) is 0 Å². The highest BCUT2D eigenvalue weighted by Crippen LogP contribution is 2.40. The maximum absolute atomic E-state index is 13.9. The van der Waals surface area contributed by atoms with Crippen LogP contribution in [0.2, 0.25) is 0 Å². The minimum Gasteiger partial charge on any atom is -0.369 e. The number of carbonyl (C=O) groups excluding carboxylic acids is 2. The number of benzene rings is 3. The molecule has 2 amide bonds. The van der Waals surface area contributed by atoms with Crippen molar-refractivity contribution in [3.63, 3.8) is 0 Å². The monoisotopic (exact) mass is 440 g/mol. The second-order valence-electron chi connectivity index (χ2n) is 8.65. The van der Waals surface area contributed by atoms with Crippen LogP contribution in [-0.2, 0) is 21.7 Å². The minimum absolute atomic E-state index is 0.0346. The highest BCUT2D eigenvalue weighted by molar-refractivity contribution is 6.09. The van der Waals surface area contributed by atoms with Crippen LogP contribution in [0.25, 0.3) is 0 Å². The number of hydrogen-bond donors (Lipinski definition) is 2. The Morgan fingerprint density at radius 2 is 1.58 bits per heavy atom. The van der Waals surface area contributed by atoms with E-state index in [-0.39, 0.29) is 30.2 Å². The van der Waals surface area contributed by atoms with Crippen molar-refractivity contribution in [1.29, 1.82) is 0 Å². The minimum atomic E-state index is -1.23. The normalized spacial score (nSPS) is 14.9. The van der Waals surface area contributed by atoms with Crippen LogP contribution < -0.4 is 11.1 Å². The molecule has 1 aliphatic rings. The quantitative estimate of drug-likeness (QED) is 0.575. The van der Waals surface area contributed by atoms with Gasteiger partial charge in [0.05, 0.1) is 6.54 Å². The Morgan fingerprint density at radius 3 is 2.15 bits per heavy atom. The summed E-state index contributed by atoms with van der Waals surface area (Å²) in [7, 11) is 0. The summed E-state index contributed by atoms with van der Waals surface area (Å²) in [5.41, 5.74) is 8.17. The Balaban J connectivity index is 1.64. The van der Waals surface area contributed by atoms with Crippen LogP contribution in [0, 0.1) is 5.92 Å². The van der Waals surface area contributed by atoms with Gasteiger partial charge in [0.25, 0.3) is 5.91 Å². The molecule has 0 atom stereocenters. The van der Waals surface area contributed by atoms with Gasteiger partial charge in [-0.15, -0.1) is 0 Å². The molecule has 0 aliphatic carbocycles. The molecule has 0 aromatic heterocycles. The summed E-state index contributed by atoms with van der Waals surface area (Å²) in [4.78, 5) is 32.3. The van der Waals surface area contributed by atoms with E-state index in [1.807, 2.05) is 98.8 Å². The molecule has 3 N–H and O–H groups in total. The molecule has 33 heavy (non-hydrogen) atoms. The van der Waals surface area contributed by atoms with Gasteiger partial charge in [0.15, 0.2) is 11.5 Å². The van der Waals surface area contributed by atoms with E-state index in [0.29, 0.717) is 12.1 Å². The Morgan fingerprint density at radius 1 is 0.970 bits per heavy atom. The Bertz CT molecular complexity index is 1130. The summed E-state index contributed by atoms with van der Waals surface area (Å²) in [6.07, 6.45) is 0.450. The molecule has 0 radical (unpaired) electrons. The summed E-state index contributed by atoms with van der Waals surface area (Å²) in [5, 5.41) is 2.93. The van der Waals surface area contributed by atoms with Gasteiger partial charge in [0.2, 0.25) is 5.91 Å². The first kappa shape index (κ1) is 22.3. The van der Waals surface area contributed by atoms with Crippen LogP contribution in [0.15, 0.2) is 89.9 Å². The van der Waals surface area contributed by atoms with Gasteiger partial charge in [-0.1, -0.05) is 86.6 Å². The van der Waals surface area contributed by atoms with Gasteiger partial charge in [-0.3, -0.25) is 14.5 Å². The molecule has 1 heterocycles. The van der Waals surface area contributed by atoms with Gasteiger partial charge in [0.1, 0.15) is 0 Å². The predicted molar refractivity (Wildman–Crippen MR) is 130 cm³/mol. The Hall–Kier alpha value is -3.93. The predicted octanol–water partition coefficient (Wildman–Crippen LogP) is 4.27. The SMILES string of the molecule is CC(C)CC(=O)Nc1cccc(CN2C(=O)C(c3ccccc3)(c3ccccc3)N=C2N)c1. The first-order chi connectivity index (χ1) is 15.9. The fourth-order valence-electron chi connectivity index (χ4n) is 4.15. The van der Waals surface area contributed by atoms with Gasteiger partial charge < -0.3 is 11.1 Å². The molecule has 0 saturated heterocycles. The zero-order valence-corrected chi connectivity index (χ0v) is 18.9. The molecule has 0 bridgehead atoms. The van der Waals surface area contributed by atoms with Crippen molar-refractivity contribution in [3.8, 4) is 0 Å². The molecule has 6 heteroatoms. The number of amides is 2. The summed E-state index contributed by atoms with van der Waals surface area (Å²) in [6.45, 7) is 4.26. The largest absolute Gasteiger partial charge is 0.369 e. The summed E-state index contributed by atoms with van der Waals surface area (Å²) in [5.74, 6) is 0.205. The van der Waals surface area contributed by atoms with E-state index in [4.69, 9.17) is 10.7 Å². The van der Waals surface area contributed by atoms with E-state index in [0.717, 1.165) is 16.7 Å². The lowest BCUT2D eigenvalue weighted by Gasteiger charge is -2.27. The molecule has 0 unspecified atom stereocenters. The molecular formula is C27H28N4O2. The van der Waals surface area contributed by atoms with E-state index in [1.54, 1.807) is 0 Å². The van der Waals surface area contributed by atoms with E-state index in [2.05, 4.69) is 5.32 Å². The number of hydrogen-bond acceptors (Lipinski definition) is 4. The number of anilines is 1. The summed E-state index contributed by atoms with van der Waals surface area (Å²) >= 11 is 0. The average molecular weight is 441 g/mol. The summed E-state index contributed by atoms with van der Waals surface area (Å²) < 4.78 is 0. The number of rotatable bonds is 7. The lowest BCUT2D eigenvalue weighted by molar-refractivity contribution is -0.130. The van der Waals surface area contributed by atoms with Crippen molar-refractivity contribution >= 4 is 23.5 Å². The van der Waals surface area contributed by atoms with E-state index >= 15 is 0 Å². The van der Waals surface area contributed by atoms with Crippen LogP contribution >= 0.6 is 0 Å². The maximum atomic E-state index is 13.9. The van der Waals surface area contributed by atoms with E-state index in [9.17, 15) is 9.59 Å². The van der Waals surface area contributed by atoms with Crippen molar-refractivity contribution in [2.24, 2.45) is 16.6 Å². The lowest BCUT2D eigenvalue weighted by atomic mass is 9.83. The van der Waals surface area contributed by atoms with Crippen LogP contribution in [0.4, 0.5) is 5.69 Å². The maximum Gasteiger partial charge on any atom is 0.266 e. The van der Waals surface area contributed by atoms with Crippen molar-refractivity contribution in [1.82, 2.24) is 4.90 Å². The van der Waals surface area contributed by atoms with Crippen LogP contribution in [0.3, 0.4) is 0 Å². The van der Waals surface area contributed by atoms with Gasteiger partial charge in [-0.25, -0.2) is 4.99 Å². The third-order valence-electron chi connectivity index (χ3n) is 5.64. The van der Waals surface area contributed by atoms with E-state index in [1.165, 1.54) is 4.90 Å². The lowest BCUT2D eigenvalue weighted by Crippen LogP contribution is -2.43. The number of nitrogens with zero attached hydrogens (tertiary/aromatic N) is 2. The highest BCUT2D eigenvalue weighted by atomic mass is 16.2. The van der Waals surface area contributed by atoms with Crippen molar-refractivity contribution < 1.29 is 9.59 Å². The second kappa shape index (κ2) is 9.28. The molecule has 1 aliphatic heterocycles. The zero-order valence-electron chi connectivity index (χ0n) is 18.9. The fourth-order valence-corrected chi connectivity index (χ4v) is 4.15.